The molecule has 0 spiro atoms. The third-order valence-corrected chi connectivity index (χ3v) is 2.95. The number of rotatable bonds is 3. The average molecular weight is 188 g/mol. The van der Waals surface area contributed by atoms with Crippen molar-refractivity contribution in [3.63, 3.8) is 0 Å². The monoisotopic (exact) mass is 188 g/mol. The van der Waals surface area contributed by atoms with Gasteiger partial charge in [0.1, 0.15) is 0 Å². The highest BCUT2D eigenvalue weighted by Crippen LogP contribution is 2.20. The summed E-state index contributed by atoms with van der Waals surface area (Å²) in [6.07, 6.45) is 2.71. The van der Waals surface area contributed by atoms with Crippen LogP contribution in [0.1, 0.15) is 27.2 Å². The maximum absolute atomic E-state index is 7.01. The second-order valence-electron chi connectivity index (χ2n) is 2.49. The molecule has 0 aliphatic carbocycles. The summed E-state index contributed by atoms with van der Waals surface area (Å²) in [6, 6.07) is 0. The molecule has 1 N–H and O–H groups in total. The third-order valence-electron chi connectivity index (χ3n) is 1.76. The molecular weight excluding hydrogens is 168 g/mol. The van der Waals surface area contributed by atoms with Gasteiger partial charge in [-0.3, -0.25) is 5.41 Å². The minimum absolute atomic E-state index is 0.784. The lowest BCUT2D eigenvalue weighted by Crippen LogP contribution is -2.18. The molecular formula is C9H20N2S. The van der Waals surface area contributed by atoms with Crippen LogP contribution in [0.2, 0.25) is 0 Å². The van der Waals surface area contributed by atoms with Crippen molar-refractivity contribution in [1.29, 1.82) is 5.41 Å². The van der Waals surface area contributed by atoms with Crippen molar-refractivity contribution < 1.29 is 0 Å². The first-order valence-corrected chi connectivity index (χ1v) is 5.78. The van der Waals surface area contributed by atoms with Gasteiger partial charge < -0.3 is 4.90 Å². The molecule has 1 aliphatic rings. The lowest BCUT2D eigenvalue weighted by Gasteiger charge is -2.09. The summed E-state index contributed by atoms with van der Waals surface area (Å²) < 4.78 is 0. The van der Waals surface area contributed by atoms with Crippen LogP contribution in [-0.2, 0) is 0 Å². The quantitative estimate of drug-likeness (QED) is 0.544. The molecule has 0 saturated carbocycles. The van der Waals surface area contributed by atoms with Crippen LogP contribution in [0.4, 0.5) is 0 Å². The number of hydrogen-bond acceptors (Lipinski definition) is 2. The molecule has 2 nitrogen and oxygen atoms in total. The Morgan fingerprint density at radius 2 is 2.25 bits per heavy atom. The van der Waals surface area contributed by atoms with Gasteiger partial charge in [-0.25, -0.2) is 0 Å². The van der Waals surface area contributed by atoms with Gasteiger partial charge in [0.15, 0.2) is 0 Å². The van der Waals surface area contributed by atoms with Gasteiger partial charge in [-0.05, 0) is 12.2 Å². The summed E-state index contributed by atoms with van der Waals surface area (Å²) in [7, 11) is 0. The molecule has 12 heavy (non-hydrogen) atoms. The Morgan fingerprint density at radius 1 is 1.58 bits per heavy atom. The highest BCUT2D eigenvalue weighted by atomic mass is 32.2. The van der Waals surface area contributed by atoms with E-state index in [1.165, 1.54) is 18.5 Å². The molecule has 1 fully saturated rings. The normalized spacial score (nSPS) is 21.6. The van der Waals surface area contributed by atoms with E-state index in [0.717, 1.165) is 18.3 Å². The van der Waals surface area contributed by atoms with Crippen molar-refractivity contribution in [2.45, 2.75) is 32.4 Å². The number of hydrogen-bond donors (Lipinski definition) is 1. The Labute approximate surface area is 80.2 Å². The molecule has 1 rings (SSSR count). The first-order chi connectivity index (χ1) is 5.86. The van der Waals surface area contributed by atoms with Gasteiger partial charge in [0.2, 0.25) is 0 Å². The van der Waals surface area contributed by atoms with E-state index in [2.05, 4.69) is 11.8 Å². The second-order valence-corrected chi connectivity index (χ2v) is 4.07. The fraction of sp³-hybridized carbons (Fsp3) is 0.889. The van der Waals surface area contributed by atoms with Gasteiger partial charge in [-0.2, -0.15) is 11.8 Å². The highest BCUT2D eigenvalue weighted by molar-refractivity contribution is 7.99. The molecule has 1 atom stereocenters. The predicted octanol–water partition coefficient (Wildman–Crippen LogP) is 2.45. The van der Waals surface area contributed by atoms with E-state index in [9.17, 15) is 0 Å². The van der Waals surface area contributed by atoms with Crippen LogP contribution in [0.5, 0.6) is 0 Å². The van der Waals surface area contributed by atoms with Crippen LogP contribution in [0.3, 0.4) is 0 Å². The zero-order valence-corrected chi connectivity index (χ0v) is 9.16. The Bertz CT molecular complexity index is 117. The smallest absolute Gasteiger partial charge is 0.0817 e. The first-order valence-electron chi connectivity index (χ1n) is 4.73. The summed E-state index contributed by atoms with van der Waals surface area (Å²) in [5.74, 6) is 1.20. The van der Waals surface area contributed by atoms with Crippen LogP contribution < -0.4 is 0 Å². The van der Waals surface area contributed by atoms with Gasteiger partial charge in [0, 0.05) is 18.3 Å². The Hall–Kier alpha value is -0.180. The maximum atomic E-state index is 7.01. The second kappa shape index (κ2) is 7.47. The van der Waals surface area contributed by atoms with E-state index in [0.29, 0.717) is 0 Å². The summed E-state index contributed by atoms with van der Waals surface area (Å²) in [5, 5.41) is 7.80. The van der Waals surface area contributed by atoms with E-state index in [1.54, 1.807) is 0 Å². The van der Waals surface area contributed by atoms with Gasteiger partial charge in [-0.15, -0.1) is 0 Å². The van der Waals surface area contributed by atoms with Gasteiger partial charge in [0.05, 0.1) is 6.34 Å². The molecule has 3 heteroatoms. The lowest BCUT2D eigenvalue weighted by atomic mass is 10.4. The Kier molecular flexibility index (Phi) is 7.36. The van der Waals surface area contributed by atoms with Gasteiger partial charge in [-0.1, -0.05) is 20.8 Å². The largest absolute Gasteiger partial charge is 0.362 e. The van der Waals surface area contributed by atoms with Crippen molar-refractivity contribution in [2.75, 3.05) is 18.8 Å². The van der Waals surface area contributed by atoms with E-state index in [-0.39, 0.29) is 0 Å². The summed E-state index contributed by atoms with van der Waals surface area (Å²) in [4.78, 5) is 2.08. The van der Waals surface area contributed by atoms with Crippen LogP contribution in [0.15, 0.2) is 0 Å². The van der Waals surface area contributed by atoms with Crippen LogP contribution in [0.25, 0.3) is 0 Å². The van der Waals surface area contributed by atoms with Crippen molar-refractivity contribution in [1.82, 2.24) is 4.90 Å². The molecule has 1 aliphatic heterocycles. The molecule has 0 aromatic carbocycles. The molecule has 72 valence electrons. The minimum atomic E-state index is 0.784. The molecule has 1 heterocycles. The first kappa shape index (κ1) is 11.8. The average Bonchev–Trinajstić information content (AvgIpc) is 2.57. The van der Waals surface area contributed by atoms with Crippen LogP contribution >= 0.6 is 11.8 Å². The number of thioether (sulfide) groups is 1. The number of nitrogens with one attached hydrogen (secondary N) is 1. The fourth-order valence-electron chi connectivity index (χ4n) is 1.24. The van der Waals surface area contributed by atoms with E-state index >= 15 is 0 Å². The van der Waals surface area contributed by atoms with Gasteiger partial charge in [0.25, 0.3) is 0 Å². The maximum Gasteiger partial charge on any atom is 0.0817 e. The van der Waals surface area contributed by atoms with Crippen molar-refractivity contribution >= 4 is 18.1 Å². The summed E-state index contributed by atoms with van der Waals surface area (Å²) >= 11 is 2.01. The van der Waals surface area contributed by atoms with E-state index in [4.69, 9.17) is 5.41 Å². The zero-order valence-electron chi connectivity index (χ0n) is 8.34. The topological polar surface area (TPSA) is 27.1 Å². The number of nitrogens with zero attached hydrogens (tertiary/aromatic N) is 1. The Morgan fingerprint density at radius 3 is 2.67 bits per heavy atom. The zero-order chi connectivity index (χ0) is 9.40. The molecule has 0 bridgehead atoms. The van der Waals surface area contributed by atoms with Crippen molar-refractivity contribution in [2.24, 2.45) is 0 Å². The lowest BCUT2D eigenvalue weighted by molar-refractivity contribution is 0.534. The summed E-state index contributed by atoms with van der Waals surface area (Å²) in [6.45, 7) is 8.36. The molecule has 0 radical (unpaired) electrons. The summed E-state index contributed by atoms with van der Waals surface area (Å²) in [5.41, 5.74) is 0. The van der Waals surface area contributed by atoms with Crippen molar-refractivity contribution in [3.05, 3.63) is 0 Å². The molecule has 0 aromatic heterocycles. The predicted molar refractivity (Wildman–Crippen MR) is 58.2 cm³/mol. The Balaban J connectivity index is 0.000000561. The SMILES string of the molecule is CC.CCSC1CCN(C=N)C1. The standard InChI is InChI=1S/C7H14N2S.C2H6/c1-2-10-7-3-4-9(5-7)6-8;1-2/h6-8H,2-5H2,1H3;1-2H3. The van der Waals surface area contributed by atoms with Gasteiger partial charge >= 0.3 is 0 Å². The third kappa shape index (κ3) is 4.00. The number of likely N-dealkylation sites (tertiary alicyclic amines) is 1. The molecule has 0 aromatic rings. The minimum Gasteiger partial charge on any atom is -0.362 e. The van der Waals surface area contributed by atoms with Crippen LogP contribution in [-0.4, -0.2) is 35.3 Å². The van der Waals surface area contributed by atoms with Crippen LogP contribution in [0, 0.1) is 5.41 Å². The fourth-order valence-corrected chi connectivity index (χ4v) is 2.28. The van der Waals surface area contributed by atoms with Crippen molar-refractivity contribution in [3.8, 4) is 0 Å². The molecule has 0 amide bonds. The molecule has 1 unspecified atom stereocenters. The highest BCUT2D eigenvalue weighted by Gasteiger charge is 2.19. The van der Waals surface area contributed by atoms with E-state index in [1.807, 2.05) is 25.6 Å². The van der Waals surface area contributed by atoms with E-state index < -0.39 is 0 Å². The molecule has 1 saturated heterocycles.